The molecule has 0 fully saturated rings. The topological polar surface area (TPSA) is 60.9 Å². The van der Waals surface area contributed by atoms with E-state index in [2.05, 4.69) is 22.2 Å². The maximum atomic E-state index is 4.71. The Morgan fingerprint density at radius 3 is 2.75 bits per heavy atom. The molecule has 0 spiro atoms. The van der Waals surface area contributed by atoms with Gasteiger partial charge in [0.1, 0.15) is 12.2 Å². The summed E-state index contributed by atoms with van der Waals surface area (Å²) in [5.74, 6) is 0.926. The quantitative estimate of drug-likeness (QED) is 0.555. The van der Waals surface area contributed by atoms with Gasteiger partial charge in [-0.25, -0.2) is 9.67 Å². The number of aromatic nitrogens is 6. The van der Waals surface area contributed by atoms with Crippen LogP contribution in [0.15, 0.2) is 42.9 Å². The van der Waals surface area contributed by atoms with Gasteiger partial charge < -0.3 is 0 Å². The van der Waals surface area contributed by atoms with Crippen LogP contribution in [0.2, 0.25) is 0 Å². The van der Waals surface area contributed by atoms with Crippen molar-refractivity contribution < 1.29 is 0 Å². The van der Waals surface area contributed by atoms with Crippen LogP contribution in [0.1, 0.15) is 12.7 Å². The van der Waals surface area contributed by atoms with E-state index in [1.807, 2.05) is 39.4 Å². The normalized spacial score (nSPS) is 11.4. The van der Waals surface area contributed by atoms with Gasteiger partial charge in [0.2, 0.25) is 0 Å². The monoisotopic (exact) mass is 264 g/mol. The van der Waals surface area contributed by atoms with Gasteiger partial charge in [-0.1, -0.05) is 25.1 Å². The summed E-state index contributed by atoms with van der Waals surface area (Å²) in [5, 5.41) is 13.5. The van der Waals surface area contributed by atoms with Gasteiger partial charge in [0.05, 0.1) is 17.3 Å². The molecule has 0 amide bonds. The molecule has 0 saturated carbocycles. The predicted octanol–water partition coefficient (Wildman–Crippen LogP) is 2.03. The fraction of sp³-hybridized carbons (Fsp3) is 0.143. The summed E-state index contributed by atoms with van der Waals surface area (Å²) in [6.07, 6.45) is 4.30. The lowest BCUT2D eigenvalue weighted by Crippen LogP contribution is -2.03. The first-order valence-electron chi connectivity index (χ1n) is 6.50. The van der Waals surface area contributed by atoms with Crippen LogP contribution in [0, 0.1) is 0 Å². The summed E-state index contributed by atoms with van der Waals surface area (Å²) in [6.45, 7) is 2.07. The lowest BCUT2D eigenvalue weighted by Gasteiger charge is -2.05. The number of hydrogen-bond acceptors (Lipinski definition) is 4. The zero-order chi connectivity index (χ0) is 13.5. The van der Waals surface area contributed by atoms with Crippen molar-refractivity contribution in [2.24, 2.45) is 0 Å². The zero-order valence-electron chi connectivity index (χ0n) is 10.9. The maximum Gasteiger partial charge on any atom is 0.174 e. The van der Waals surface area contributed by atoms with E-state index < -0.39 is 0 Å². The molecular weight excluding hydrogens is 252 g/mol. The Morgan fingerprint density at radius 1 is 1.10 bits per heavy atom. The maximum absolute atomic E-state index is 4.71. The van der Waals surface area contributed by atoms with E-state index in [0.29, 0.717) is 0 Å². The second-order valence-corrected chi connectivity index (χ2v) is 4.54. The van der Waals surface area contributed by atoms with Crippen molar-refractivity contribution in [2.45, 2.75) is 13.3 Å². The second kappa shape index (κ2) is 4.12. The Kier molecular flexibility index (Phi) is 2.29. The number of rotatable bonds is 2. The molecule has 0 saturated heterocycles. The third kappa shape index (κ3) is 1.45. The molecule has 0 radical (unpaired) electrons. The van der Waals surface area contributed by atoms with Crippen molar-refractivity contribution >= 4 is 16.7 Å². The smallest absolute Gasteiger partial charge is 0.174 e. The number of nitrogens with zero attached hydrogens (tertiary/aromatic N) is 6. The molecule has 1 aromatic carbocycles. The molecule has 3 heterocycles. The molecule has 0 bridgehead atoms. The lowest BCUT2D eigenvalue weighted by atomic mass is 10.3. The van der Waals surface area contributed by atoms with Crippen LogP contribution in [-0.4, -0.2) is 29.4 Å². The molecule has 0 aliphatic carbocycles. The number of benzene rings is 1. The van der Waals surface area contributed by atoms with Gasteiger partial charge in [-0.3, -0.25) is 4.40 Å². The van der Waals surface area contributed by atoms with Gasteiger partial charge in [0.25, 0.3) is 0 Å². The van der Waals surface area contributed by atoms with Crippen LogP contribution in [-0.2, 0) is 6.42 Å². The number of fused-ring (bicyclic) bond motifs is 3. The van der Waals surface area contributed by atoms with Crippen molar-refractivity contribution in [1.29, 1.82) is 0 Å². The Morgan fingerprint density at radius 2 is 1.95 bits per heavy atom. The largest absolute Gasteiger partial charge is 0.268 e. The highest BCUT2D eigenvalue weighted by molar-refractivity contribution is 5.89. The predicted molar refractivity (Wildman–Crippen MR) is 74.8 cm³/mol. The summed E-state index contributed by atoms with van der Waals surface area (Å²) in [7, 11) is 0. The molecule has 0 aliphatic heterocycles. The van der Waals surface area contributed by atoms with E-state index >= 15 is 0 Å². The van der Waals surface area contributed by atoms with E-state index in [-0.39, 0.29) is 0 Å². The minimum atomic E-state index is 0.800. The van der Waals surface area contributed by atoms with E-state index in [4.69, 9.17) is 4.98 Å². The molecule has 0 atom stereocenters. The average molecular weight is 264 g/mol. The number of aryl methyl sites for hydroxylation is 1. The molecular formula is C14H12N6. The first kappa shape index (κ1) is 11.1. The molecule has 6 heteroatoms. The molecule has 4 rings (SSSR count). The summed E-state index contributed by atoms with van der Waals surface area (Å²) >= 11 is 0. The van der Waals surface area contributed by atoms with Crippen LogP contribution in [0.25, 0.3) is 22.4 Å². The molecule has 0 aliphatic rings. The third-order valence-corrected chi connectivity index (χ3v) is 3.36. The molecule has 0 unspecified atom stereocenters. The van der Waals surface area contributed by atoms with Gasteiger partial charge in [-0.05, 0) is 12.1 Å². The molecule has 6 nitrogen and oxygen atoms in total. The van der Waals surface area contributed by atoms with Gasteiger partial charge >= 0.3 is 0 Å². The molecule has 0 N–H and O–H groups in total. The highest BCUT2D eigenvalue weighted by Gasteiger charge is 2.14. The van der Waals surface area contributed by atoms with Gasteiger partial charge in [-0.2, -0.15) is 5.10 Å². The van der Waals surface area contributed by atoms with E-state index in [1.165, 1.54) is 0 Å². The van der Waals surface area contributed by atoms with Gasteiger partial charge in [-0.15, -0.1) is 10.2 Å². The van der Waals surface area contributed by atoms with Crippen LogP contribution >= 0.6 is 0 Å². The number of para-hydroxylation sites is 1. The van der Waals surface area contributed by atoms with Crippen LogP contribution in [0.5, 0.6) is 0 Å². The van der Waals surface area contributed by atoms with Gasteiger partial charge in [0, 0.05) is 6.42 Å². The molecule has 4 aromatic rings. The van der Waals surface area contributed by atoms with Crippen molar-refractivity contribution in [3.05, 3.63) is 48.7 Å². The first-order valence-corrected chi connectivity index (χ1v) is 6.50. The highest BCUT2D eigenvalue weighted by atomic mass is 15.3. The minimum absolute atomic E-state index is 0.800. The summed E-state index contributed by atoms with van der Waals surface area (Å²) in [4.78, 5) is 4.71. The zero-order valence-corrected chi connectivity index (χ0v) is 10.9. The fourth-order valence-electron chi connectivity index (χ4n) is 2.40. The lowest BCUT2D eigenvalue weighted by molar-refractivity contribution is 0.862. The average Bonchev–Trinajstić information content (AvgIpc) is 3.13. The first-order chi connectivity index (χ1) is 9.88. The van der Waals surface area contributed by atoms with Crippen LogP contribution < -0.4 is 0 Å². The molecule has 20 heavy (non-hydrogen) atoms. The fourth-order valence-corrected chi connectivity index (χ4v) is 2.40. The van der Waals surface area contributed by atoms with E-state index in [0.717, 1.165) is 34.6 Å². The molecule has 98 valence electrons. The SMILES string of the molecule is CCc1nc2c(cnn2-c2ccccc2)c2nncn12. The Balaban J connectivity index is 2.10. The second-order valence-electron chi connectivity index (χ2n) is 4.54. The van der Waals surface area contributed by atoms with Crippen molar-refractivity contribution in [3.8, 4) is 5.69 Å². The van der Waals surface area contributed by atoms with E-state index in [1.54, 1.807) is 12.5 Å². The minimum Gasteiger partial charge on any atom is -0.268 e. The summed E-state index contributed by atoms with van der Waals surface area (Å²) in [5.41, 5.74) is 2.60. The van der Waals surface area contributed by atoms with Crippen LogP contribution in [0.4, 0.5) is 0 Å². The van der Waals surface area contributed by atoms with Gasteiger partial charge in [0.15, 0.2) is 11.3 Å². The van der Waals surface area contributed by atoms with Crippen molar-refractivity contribution in [2.75, 3.05) is 0 Å². The van der Waals surface area contributed by atoms with Crippen LogP contribution in [0.3, 0.4) is 0 Å². The Labute approximate surface area is 114 Å². The highest BCUT2D eigenvalue weighted by Crippen LogP contribution is 2.20. The number of hydrogen-bond donors (Lipinski definition) is 0. The Hall–Kier alpha value is -2.76. The third-order valence-electron chi connectivity index (χ3n) is 3.36. The standard InChI is InChI=1S/C14H12N6/c1-2-12-17-13-11(14-18-15-9-19(12)14)8-16-20(13)10-6-4-3-5-7-10/h3-9H,2H2,1H3. The summed E-state index contributed by atoms with van der Waals surface area (Å²) in [6, 6.07) is 9.97. The molecule has 3 aromatic heterocycles. The van der Waals surface area contributed by atoms with Crippen molar-refractivity contribution in [3.63, 3.8) is 0 Å². The van der Waals surface area contributed by atoms with Crippen molar-refractivity contribution in [1.82, 2.24) is 29.4 Å². The summed E-state index contributed by atoms with van der Waals surface area (Å²) < 4.78 is 3.75. The van der Waals surface area contributed by atoms with E-state index in [9.17, 15) is 0 Å². The Bertz CT molecular complexity index is 890.